The van der Waals surface area contributed by atoms with Crippen LogP contribution in [0.3, 0.4) is 0 Å². The third-order valence-electron chi connectivity index (χ3n) is 4.03. The summed E-state index contributed by atoms with van der Waals surface area (Å²) in [7, 11) is 0. The minimum atomic E-state index is 0.386. The molecule has 0 fully saturated rings. The quantitative estimate of drug-likeness (QED) is 0.598. The van der Waals surface area contributed by atoms with Gasteiger partial charge in [-0.25, -0.2) is 9.50 Å². The van der Waals surface area contributed by atoms with Crippen molar-refractivity contribution in [2.75, 3.05) is 0 Å². The molecule has 5 heteroatoms. The van der Waals surface area contributed by atoms with Gasteiger partial charge in [-0.15, -0.1) is 0 Å². The molecule has 0 saturated carbocycles. The van der Waals surface area contributed by atoms with E-state index in [1.165, 1.54) is 5.56 Å². The van der Waals surface area contributed by atoms with Crippen LogP contribution in [0.2, 0.25) is 0 Å². The Kier molecular flexibility index (Phi) is 4.26. The van der Waals surface area contributed by atoms with Gasteiger partial charge < -0.3 is 5.73 Å². The third kappa shape index (κ3) is 3.16. The van der Waals surface area contributed by atoms with E-state index < -0.39 is 0 Å². The normalized spacial score (nSPS) is 11.1. The van der Waals surface area contributed by atoms with E-state index in [9.17, 15) is 0 Å². The van der Waals surface area contributed by atoms with Crippen LogP contribution in [0.1, 0.15) is 11.3 Å². The van der Waals surface area contributed by atoms with Gasteiger partial charge in [0.05, 0.1) is 11.4 Å². The Bertz CT molecular complexity index is 1010. The van der Waals surface area contributed by atoms with Crippen molar-refractivity contribution in [3.05, 3.63) is 78.0 Å². The molecule has 0 radical (unpaired) electrons. The molecule has 124 valence electrons. The van der Waals surface area contributed by atoms with Gasteiger partial charge in [0.25, 0.3) is 0 Å². The van der Waals surface area contributed by atoms with Crippen LogP contribution in [-0.4, -0.2) is 14.6 Å². The summed E-state index contributed by atoms with van der Waals surface area (Å²) in [6, 6.07) is 22.5. The highest BCUT2D eigenvalue weighted by atomic mass is 32.2. The smallest absolute Gasteiger partial charge is 0.154 e. The lowest BCUT2D eigenvalue weighted by Crippen LogP contribution is -2.05. The van der Waals surface area contributed by atoms with Crippen molar-refractivity contribution >= 4 is 17.4 Å². The monoisotopic (exact) mass is 346 g/mol. The predicted molar refractivity (Wildman–Crippen MR) is 102 cm³/mol. The van der Waals surface area contributed by atoms with Crippen molar-refractivity contribution < 1.29 is 0 Å². The molecule has 0 bridgehead atoms. The first kappa shape index (κ1) is 15.9. The van der Waals surface area contributed by atoms with Crippen molar-refractivity contribution in [2.24, 2.45) is 5.73 Å². The lowest BCUT2D eigenvalue weighted by molar-refractivity contribution is 0.799. The number of aromatic nitrogens is 3. The van der Waals surface area contributed by atoms with Crippen LogP contribution < -0.4 is 5.73 Å². The summed E-state index contributed by atoms with van der Waals surface area (Å²) < 4.78 is 1.86. The Balaban J connectivity index is 1.78. The molecule has 0 spiro atoms. The number of fused-ring (bicyclic) bond motifs is 1. The van der Waals surface area contributed by atoms with E-state index in [4.69, 9.17) is 15.8 Å². The zero-order chi connectivity index (χ0) is 17.2. The molecular weight excluding hydrogens is 328 g/mol. The maximum absolute atomic E-state index is 6.02. The molecule has 0 aliphatic heterocycles. The van der Waals surface area contributed by atoms with Gasteiger partial charge in [-0.05, 0) is 31.2 Å². The van der Waals surface area contributed by atoms with Crippen LogP contribution >= 0.6 is 11.8 Å². The first-order chi connectivity index (χ1) is 12.2. The molecule has 25 heavy (non-hydrogen) atoms. The van der Waals surface area contributed by atoms with E-state index in [2.05, 4.69) is 43.3 Å². The van der Waals surface area contributed by atoms with Crippen LogP contribution in [0.5, 0.6) is 0 Å². The molecule has 4 rings (SSSR count). The van der Waals surface area contributed by atoms with Gasteiger partial charge >= 0.3 is 0 Å². The summed E-state index contributed by atoms with van der Waals surface area (Å²) in [4.78, 5) is 5.90. The number of aryl methyl sites for hydroxylation is 1. The minimum Gasteiger partial charge on any atom is -0.325 e. The second kappa shape index (κ2) is 6.70. The molecule has 2 aromatic carbocycles. The van der Waals surface area contributed by atoms with Gasteiger partial charge in [-0.1, -0.05) is 59.8 Å². The fraction of sp³-hybridized carbons (Fsp3) is 0.100. The van der Waals surface area contributed by atoms with Gasteiger partial charge in [-0.3, -0.25) is 0 Å². The fourth-order valence-electron chi connectivity index (χ4n) is 2.75. The molecule has 0 unspecified atom stereocenters. The second-order valence-electron chi connectivity index (χ2n) is 5.83. The number of imidazole rings is 1. The molecule has 2 N–H and O–H groups in total. The number of hydrogen-bond donors (Lipinski definition) is 1. The number of rotatable bonds is 4. The van der Waals surface area contributed by atoms with Crippen molar-refractivity contribution in [2.45, 2.75) is 23.4 Å². The summed E-state index contributed by atoms with van der Waals surface area (Å²) in [5, 5.41) is 5.66. The summed E-state index contributed by atoms with van der Waals surface area (Å²) >= 11 is 1.63. The average Bonchev–Trinajstić information content (AvgIpc) is 3.01. The summed E-state index contributed by atoms with van der Waals surface area (Å²) in [6.07, 6.45) is 0. The van der Waals surface area contributed by atoms with E-state index >= 15 is 0 Å². The minimum absolute atomic E-state index is 0.386. The zero-order valence-electron chi connectivity index (χ0n) is 13.9. The first-order valence-electron chi connectivity index (χ1n) is 8.13. The average molecular weight is 346 g/mol. The van der Waals surface area contributed by atoms with Crippen molar-refractivity contribution in [1.29, 1.82) is 0 Å². The van der Waals surface area contributed by atoms with Gasteiger partial charge in [0.1, 0.15) is 5.03 Å². The van der Waals surface area contributed by atoms with E-state index in [-0.39, 0.29) is 0 Å². The standard InChI is InChI=1S/C20H18N4S/c1-14-7-9-15(10-8-14)20-17(13-21)24-18(22-20)11-12-19(23-24)25-16-5-3-2-4-6-16/h2-12H,13,21H2,1H3. The van der Waals surface area contributed by atoms with Crippen LogP contribution in [0.25, 0.3) is 16.9 Å². The molecule has 0 aliphatic carbocycles. The maximum Gasteiger partial charge on any atom is 0.154 e. The largest absolute Gasteiger partial charge is 0.325 e. The Morgan fingerprint density at radius 3 is 2.44 bits per heavy atom. The number of hydrogen-bond acceptors (Lipinski definition) is 4. The topological polar surface area (TPSA) is 56.2 Å². The first-order valence-corrected chi connectivity index (χ1v) is 8.95. The Morgan fingerprint density at radius 1 is 0.960 bits per heavy atom. The maximum atomic E-state index is 6.02. The summed E-state index contributed by atoms with van der Waals surface area (Å²) in [6.45, 7) is 2.46. The fourth-order valence-corrected chi connectivity index (χ4v) is 3.54. The van der Waals surface area contributed by atoms with E-state index in [0.29, 0.717) is 6.54 Å². The van der Waals surface area contributed by atoms with Crippen LogP contribution in [0, 0.1) is 6.92 Å². The molecular formula is C20H18N4S. The highest BCUT2D eigenvalue weighted by molar-refractivity contribution is 7.99. The predicted octanol–water partition coefficient (Wildman–Crippen LogP) is 4.31. The van der Waals surface area contributed by atoms with Gasteiger partial charge in [-0.2, -0.15) is 5.10 Å². The van der Waals surface area contributed by atoms with Crippen molar-refractivity contribution in [1.82, 2.24) is 14.6 Å². The van der Waals surface area contributed by atoms with Gasteiger partial charge in [0.15, 0.2) is 5.65 Å². The molecule has 0 amide bonds. The number of nitrogens with two attached hydrogens (primary N) is 1. The molecule has 2 heterocycles. The van der Waals surface area contributed by atoms with Crippen LogP contribution in [0.4, 0.5) is 0 Å². The molecule has 4 aromatic rings. The molecule has 4 nitrogen and oxygen atoms in total. The van der Waals surface area contributed by atoms with Gasteiger partial charge in [0.2, 0.25) is 0 Å². The van der Waals surface area contributed by atoms with Crippen LogP contribution in [-0.2, 0) is 6.54 Å². The Labute approximate surface area is 150 Å². The molecule has 0 aliphatic rings. The summed E-state index contributed by atoms with van der Waals surface area (Å²) in [5.74, 6) is 0. The zero-order valence-corrected chi connectivity index (χ0v) is 14.7. The summed E-state index contributed by atoms with van der Waals surface area (Å²) in [5.41, 5.74) is 10.9. The molecule has 0 saturated heterocycles. The van der Waals surface area contributed by atoms with Crippen molar-refractivity contribution in [3.8, 4) is 11.3 Å². The second-order valence-corrected chi connectivity index (χ2v) is 6.93. The third-order valence-corrected chi connectivity index (χ3v) is 4.96. The Hall–Kier alpha value is -2.63. The van der Waals surface area contributed by atoms with Gasteiger partial charge in [0, 0.05) is 17.0 Å². The van der Waals surface area contributed by atoms with Crippen molar-refractivity contribution in [3.63, 3.8) is 0 Å². The van der Waals surface area contributed by atoms with E-state index in [1.54, 1.807) is 11.8 Å². The highest BCUT2D eigenvalue weighted by Gasteiger charge is 2.14. The SMILES string of the molecule is Cc1ccc(-c2nc3ccc(Sc4ccccc4)nn3c2CN)cc1. The Morgan fingerprint density at radius 2 is 1.72 bits per heavy atom. The molecule has 0 atom stereocenters. The number of nitrogens with zero attached hydrogens (tertiary/aromatic N) is 3. The number of benzene rings is 2. The highest BCUT2D eigenvalue weighted by Crippen LogP contribution is 2.28. The van der Waals surface area contributed by atoms with Crippen LogP contribution in [0.15, 0.2) is 76.7 Å². The lowest BCUT2D eigenvalue weighted by atomic mass is 10.1. The lowest BCUT2D eigenvalue weighted by Gasteiger charge is -2.04. The van der Waals surface area contributed by atoms with E-state index in [0.717, 1.165) is 32.5 Å². The molecule has 2 aromatic heterocycles. The van der Waals surface area contributed by atoms with E-state index in [1.807, 2.05) is 34.8 Å².